The fourth-order valence-corrected chi connectivity index (χ4v) is 7.88. The van der Waals surface area contributed by atoms with Gasteiger partial charge in [0.05, 0.1) is 0 Å². The van der Waals surface area contributed by atoms with E-state index in [-0.39, 0.29) is 5.41 Å². The summed E-state index contributed by atoms with van der Waals surface area (Å²) in [5, 5.41) is 0. The molecular weight excluding hydrogens is 340 g/mol. The minimum atomic E-state index is 0.194. The highest BCUT2D eigenvalue weighted by molar-refractivity contribution is 5.92. The van der Waals surface area contributed by atoms with E-state index in [1.165, 1.54) is 50.5 Å². The Morgan fingerprint density at radius 3 is 2.61 bits per heavy atom. The molecule has 0 radical (unpaired) electrons. The molecule has 28 heavy (non-hydrogen) atoms. The molecule has 0 N–H and O–H groups in total. The molecule has 1 heteroatoms. The summed E-state index contributed by atoms with van der Waals surface area (Å²) >= 11 is 0. The Labute approximate surface area is 173 Å². The van der Waals surface area contributed by atoms with Crippen molar-refractivity contribution in [1.29, 1.82) is 0 Å². The monoisotopic (exact) mass is 382 g/mol. The molecule has 0 amide bonds. The first-order valence-electron chi connectivity index (χ1n) is 12.2. The van der Waals surface area contributed by atoms with E-state index in [1.807, 2.05) is 6.08 Å². The molecule has 0 saturated heterocycles. The molecular formula is C27H42O. The van der Waals surface area contributed by atoms with Crippen LogP contribution < -0.4 is 0 Å². The van der Waals surface area contributed by atoms with Crippen molar-refractivity contribution < 1.29 is 4.79 Å². The van der Waals surface area contributed by atoms with Crippen molar-refractivity contribution in [2.75, 3.05) is 0 Å². The number of hydrogen-bond donors (Lipinski definition) is 0. The van der Waals surface area contributed by atoms with Gasteiger partial charge in [-0.25, -0.2) is 0 Å². The maximum Gasteiger partial charge on any atom is 0.155 e. The average Bonchev–Trinajstić information content (AvgIpc) is 2.99. The van der Waals surface area contributed by atoms with E-state index in [0.717, 1.165) is 48.9 Å². The molecule has 0 aromatic carbocycles. The zero-order valence-electron chi connectivity index (χ0n) is 19.0. The third-order valence-electron chi connectivity index (χ3n) is 9.53. The first kappa shape index (κ1) is 20.4. The second-order valence-corrected chi connectivity index (χ2v) is 11.6. The minimum absolute atomic E-state index is 0.194. The number of allylic oxidation sites excluding steroid dienone is 4. The van der Waals surface area contributed by atoms with E-state index in [1.54, 1.807) is 5.57 Å². The molecule has 0 aromatic heterocycles. The lowest BCUT2D eigenvalue weighted by atomic mass is 9.50. The van der Waals surface area contributed by atoms with Gasteiger partial charge in [-0.3, -0.25) is 4.79 Å². The molecule has 1 nitrogen and oxygen atoms in total. The molecule has 4 aliphatic carbocycles. The van der Waals surface area contributed by atoms with Gasteiger partial charge in [0.2, 0.25) is 0 Å². The predicted molar refractivity (Wildman–Crippen MR) is 118 cm³/mol. The Balaban J connectivity index is 1.54. The molecule has 0 aromatic rings. The van der Waals surface area contributed by atoms with Gasteiger partial charge in [0.1, 0.15) is 0 Å². The number of ketones is 1. The van der Waals surface area contributed by atoms with Crippen LogP contribution in [0.4, 0.5) is 0 Å². The van der Waals surface area contributed by atoms with Crippen LogP contribution in [-0.4, -0.2) is 5.78 Å². The predicted octanol–water partition coefficient (Wildman–Crippen LogP) is 7.52. The lowest BCUT2D eigenvalue weighted by Crippen LogP contribution is -2.45. The summed E-state index contributed by atoms with van der Waals surface area (Å²) in [5.74, 6) is 4.63. The van der Waals surface area contributed by atoms with Gasteiger partial charge in [-0.2, -0.15) is 0 Å². The standard InChI is InChI=1S/C27H42O/c1-18(2)7-6-8-19(3)23-11-12-24-22-10-9-20-17-21(28)13-15-26(20,4)25(22)14-16-27(23,24)5/h14,17-19,22-24H,6-13,15-16H2,1-5H3/t19-,22+,23-,24+,26+,27-/m1/s1. The lowest BCUT2D eigenvalue weighted by molar-refractivity contribution is -0.115. The van der Waals surface area contributed by atoms with Gasteiger partial charge >= 0.3 is 0 Å². The summed E-state index contributed by atoms with van der Waals surface area (Å²) in [6.07, 6.45) is 17.3. The summed E-state index contributed by atoms with van der Waals surface area (Å²) in [6, 6.07) is 0. The van der Waals surface area contributed by atoms with Gasteiger partial charge in [-0.15, -0.1) is 0 Å². The second kappa shape index (κ2) is 7.44. The van der Waals surface area contributed by atoms with Crippen molar-refractivity contribution in [2.45, 2.75) is 98.8 Å². The number of hydrogen-bond acceptors (Lipinski definition) is 1. The Morgan fingerprint density at radius 1 is 1.07 bits per heavy atom. The van der Waals surface area contributed by atoms with Gasteiger partial charge in [-0.05, 0) is 79.6 Å². The number of carbonyl (C=O) groups is 1. The van der Waals surface area contributed by atoms with E-state index in [4.69, 9.17) is 0 Å². The van der Waals surface area contributed by atoms with Gasteiger partial charge < -0.3 is 0 Å². The van der Waals surface area contributed by atoms with E-state index in [2.05, 4.69) is 40.7 Å². The third kappa shape index (κ3) is 3.25. The van der Waals surface area contributed by atoms with Crippen LogP contribution in [0.3, 0.4) is 0 Å². The summed E-state index contributed by atoms with van der Waals surface area (Å²) in [7, 11) is 0. The molecule has 4 aliphatic rings. The van der Waals surface area contributed by atoms with Crippen LogP contribution in [0, 0.1) is 40.4 Å². The van der Waals surface area contributed by atoms with Crippen LogP contribution in [0.2, 0.25) is 0 Å². The average molecular weight is 383 g/mol. The molecule has 2 saturated carbocycles. The van der Waals surface area contributed by atoms with Crippen molar-refractivity contribution in [3.63, 3.8) is 0 Å². The molecule has 0 unspecified atom stereocenters. The lowest BCUT2D eigenvalue weighted by Gasteiger charge is -2.54. The Bertz CT molecular complexity index is 682. The third-order valence-corrected chi connectivity index (χ3v) is 9.53. The van der Waals surface area contributed by atoms with Crippen LogP contribution >= 0.6 is 0 Å². The van der Waals surface area contributed by atoms with Gasteiger partial charge in [0.25, 0.3) is 0 Å². The maximum absolute atomic E-state index is 12.0. The van der Waals surface area contributed by atoms with E-state index in [9.17, 15) is 4.79 Å². The first-order chi connectivity index (χ1) is 13.3. The molecule has 0 bridgehead atoms. The molecule has 4 rings (SSSR count). The first-order valence-corrected chi connectivity index (χ1v) is 12.2. The van der Waals surface area contributed by atoms with Crippen molar-refractivity contribution in [3.8, 4) is 0 Å². The van der Waals surface area contributed by atoms with Crippen LogP contribution in [-0.2, 0) is 4.79 Å². The fraction of sp³-hybridized carbons (Fsp3) is 0.815. The van der Waals surface area contributed by atoms with Crippen LogP contribution in [0.15, 0.2) is 23.3 Å². The second-order valence-electron chi connectivity index (χ2n) is 11.6. The van der Waals surface area contributed by atoms with Crippen molar-refractivity contribution in [1.82, 2.24) is 0 Å². The Morgan fingerprint density at radius 2 is 1.86 bits per heavy atom. The Kier molecular flexibility index (Phi) is 5.43. The SMILES string of the molecule is CC(C)CCC[C@@H](C)[C@H]1CC[C@H]2[C@@H]3CCC4=CC(=O)CC[C@]4(C)C3=CC[C@]12C. The number of carbonyl (C=O) groups excluding carboxylic acids is 1. The van der Waals surface area contributed by atoms with Crippen LogP contribution in [0.1, 0.15) is 98.8 Å². The highest BCUT2D eigenvalue weighted by Gasteiger charge is 2.56. The molecule has 6 atom stereocenters. The zero-order valence-corrected chi connectivity index (χ0v) is 19.0. The van der Waals surface area contributed by atoms with Crippen molar-refractivity contribution in [3.05, 3.63) is 23.3 Å². The van der Waals surface area contributed by atoms with Crippen LogP contribution in [0.25, 0.3) is 0 Å². The maximum atomic E-state index is 12.0. The zero-order chi connectivity index (χ0) is 20.1. The summed E-state index contributed by atoms with van der Waals surface area (Å²) in [6.45, 7) is 12.4. The van der Waals surface area contributed by atoms with Gasteiger partial charge in [-0.1, -0.05) is 71.1 Å². The number of rotatable bonds is 5. The van der Waals surface area contributed by atoms with Crippen molar-refractivity contribution >= 4 is 5.78 Å². The van der Waals surface area contributed by atoms with E-state index < -0.39 is 0 Å². The smallest absolute Gasteiger partial charge is 0.155 e. The highest BCUT2D eigenvalue weighted by Crippen LogP contribution is 2.65. The van der Waals surface area contributed by atoms with Gasteiger partial charge in [0, 0.05) is 11.8 Å². The van der Waals surface area contributed by atoms with Gasteiger partial charge in [0.15, 0.2) is 5.78 Å². The topological polar surface area (TPSA) is 17.1 Å². The van der Waals surface area contributed by atoms with Crippen LogP contribution in [0.5, 0.6) is 0 Å². The van der Waals surface area contributed by atoms with E-state index in [0.29, 0.717) is 11.2 Å². The van der Waals surface area contributed by atoms with E-state index >= 15 is 0 Å². The molecule has 0 heterocycles. The fourth-order valence-electron chi connectivity index (χ4n) is 7.88. The quantitative estimate of drug-likeness (QED) is 0.449. The Hall–Kier alpha value is -0.850. The largest absolute Gasteiger partial charge is 0.295 e. The molecule has 0 aliphatic heterocycles. The minimum Gasteiger partial charge on any atom is -0.295 e. The highest BCUT2D eigenvalue weighted by atomic mass is 16.1. The normalized spacial score (nSPS) is 41.1. The molecule has 156 valence electrons. The number of fused-ring (bicyclic) bond motifs is 5. The summed E-state index contributed by atoms with van der Waals surface area (Å²) < 4.78 is 0. The summed E-state index contributed by atoms with van der Waals surface area (Å²) in [4.78, 5) is 12.0. The summed E-state index contributed by atoms with van der Waals surface area (Å²) in [5.41, 5.74) is 3.88. The van der Waals surface area contributed by atoms with Crippen molar-refractivity contribution in [2.24, 2.45) is 40.4 Å². The molecule has 0 spiro atoms. The molecule has 2 fully saturated rings.